The maximum absolute atomic E-state index is 11.0. The zero-order valence-corrected chi connectivity index (χ0v) is 13.2. The summed E-state index contributed by atoms with van der Waals surface area (Å²) in [6.45, 7) is 4.79. The molecule has 0 amide bonds. The zero-order valence-electron chi connectivity index (χ0n) is 12.3. The Morgan fingerprint density at radius 2 is 2.24 bits per heavy atom. The van der Waals surface area contributed by atoms with Crippen LogP contribution in [0.2, 0.25) is 0 Å². The summed E-state index contributed by atoms with van der Waals surface area (Å²) < 4.78 is 0. The van der Waals surface area contributed by atoms with Crippen LogP contribution in [-0.2, 0) is 0 Å². The van der Waals surface area contributed by atoms with Gasteiger partial charge < -0.3 is 11.1 Å². The largest absolute Gasteiger partial charge is 0.393 e. The average molecular weight is 311 g/mol. The van der Waals surface area contributed by atoms with E-state index in [-0.39, 0.29) is 11.4 Å². The van der Waals surface area contributed by atoms with Crippen molar-refractivity contribution in [3.63, 3.8) is 0 Å². The summed E-state index contributed by atoms with van der Waals surface area (Å²) >= 11 is 1.53. The van der Waals surface area contributed by atoms with Crippen molar-refractivity contribution in [2.24, 2.45) is 0 Å². The van der Waals surface area contributed by atoms with Gasteiger partial charge in [-0.15, -0.1) is 11.8 Å². The minimum absolute atomic E-state index is 0.0452. The Kier molecular flexibility index (Phi) is 5.27. The number of nitrogens with zero attached hydrogens (tertiary/aromatic N) is 3. The van der Waals surface area contributed by atoms with Crippen LogP contribution in [-0.4, -0.2) is 60.9 Å². The van der Waals surface area contributed by atoms with E-state index in [2.05, 4.69) is 22.2 Å². The molecule has 1 heterocycles. The van der Waals surface area contributed by atoms with E-state index < -0.39 is 4.92 Å². The molecule has 1 saturated heterocycles. The van der Waals surface area contributed by atoms with E-state index >= 15 is 0 Å². The van der Waals surface area contributed by atoms with Gasteiger partial charge >= 0.3 is 0 Å². The molecule has 1 fully saturated rings. The molecule has 7 nitrogen and oxygen atoms in total. The van der Waals surface area contributed by atoms with Crippen molar-refractivity contribution in [3.8, 4) is 0 Å². The first-order chi connectivity index (χ1) is 10.0. The number of anilines is 2. The first kappa shape index (κ1) is 15.9. The monoisotopic (exact) mass is 311 g/mol. The predicted octanol–water partition coefficient (Wildman–Crippen LogP) is 1.52. The smallest absolute Gasteiger partial charge is 0.294 e. The van der Waals surface area contributed by atoms with E-state index in [1.54, 1.807) is 6.07 Å². The summed E-state index contributed by atoms with van der Waals surface area (Å²) in [5, 5.41) is 14.3. The number of thioether (sulfide) groups is 1. The van der Waals surface area contributed by atoms with E-state index in [1.165, 1.54) is 17.8 Å². The Bertz CT molecular complexity index is 526. The van der Waals surface area contributed by atoms with E-state index in [4.69, 9.17) is 5.73 Å². The summed E-state index contributed by atoms with van der Waals surface area (Å²) in [7, 11) is 2.10. The molecule has 3 N–H and O–H groups in total. The van der Waals surface area contributed by atoms with Crippen molar-refractivity contribution >= 4 is 28.8 Å². The van der Waals surface area contributed by atoms with E-state index in [9.17, 15) is 10.1 Å². The van der Waals surface area contributed by atoms with Crippen LogP contribution < -0.4 is 11.1 Å². The van der Waals surface area contributed by atoms with Gasteiger partial charge in [0.05, 0.1) is 17.3 Å². The highest BCUT2D eigenvalue weighted by Gasteiger charge is 2.17. The van der Waals surface area contributed by atoms with Gasteiger partial charge in [0.1, 0.15) is 5.69 Å². The molecular weight excluding hydrogens is 290 g/mol. The summed E-state index contributed by atoms with van der Waals surface area (Å²) in [6.07, 6.45) is 1.93. The summed E-state index contributed by atoms with van der Waals surface area (Å²) in [5.41, 5.74) is 6.65. The molecule has 0 spiro atoms. The molecule has 21 heavy (non-hydrogen) atoms. The number of nitro groups is 1. The molecule has 8 heteroatoms. The Morgan fingerprint density at radius 1 is 1.48 bits per heavy atom. The third kappa shape index (κ3) is 3.99. The second-order valence-electron chi connectivity index (χ2n) is 5.13. The Hall–Kier alpha value is -1.51. The lowest BCUT2D eigenvalue weighted by atomic mass is 10.2. The Morgan fingerprint density at radius 3 is 2.81 bits per heavy atom. The third-order valence-corrected chi connectivity index (χ3v) is 4.31. The first-order valence-corrected chi connectivity index (χ1v) is 8.00. The number of nitrogens with one attached hydrogen (secondary N) is 1. The number of nitrogens with two attached hydrogens (primary N) is 1. The predicted molar refractivity (Wildman–Crippen MR) is 86.8 cm³/mol. The lowest BCUT2D eigenvalue weighted by Crippen LogP contribution is -2.28. The van der Waals surface area contributed by atoms with Gasteiger partial charge in [0.2, 0.25) is 0 Å². The van der Waals surface area contributed by atoms with Gasteiger partial charge in [-0.2, -0.15) is 0 Å². The lowest BCUT2D eigenvalue weighted by molar-refractivity contribution is -0.383. The molecule has 1 aliphatic rings. The normalized spacial score (nSPS) is 16.3. The fraction of sp³-hybridized carbons (Fsp3) is 0.538. The van der Waals surface area contributed by atoms with Gasteiger partial charge in [-0.3, -0.25) is 19.9 Å². The molecule has 0 aromatic heterocycles. The minimum Gasteiger partial charge on any atom is -0.393 e. The van der Waals surface area contributed by atoms with Gasteiger partial charge in [0, 0.05) is 37.1 Å². The van der Waals surface area contributed by atoms with Crippen molar-refractivity contribution in [3.05, 3.63) is 22.2 Å². The molecule has 0 unspecified atom stereocenters. The number of benzene rings is 1. The summed E-state index contributed by atoms with van der Waals surface area (Å²) in [6, 6.07) is 3.19. The number of nitrogen functional groups attached to an aromatic ring is 1. The van der Waals surface area contributed by atoms with Crippen molar-refractivity contribution in [2.75, 3.05) is 57.2 Å². The maximum atomic E-state index is 11.0. The van der Waals surface area contributed by atoms with Crippen LogP contribution >= 0.6 is 11.8 Å². The van der Waals surface area contributed by atoms with Crippen LogP contribution in [0.4, 0.5) is 17.1 Å². The van der Waals surface area contributed by atoms with E-state index in [0.29, 0.717) is 0 Å². The molecule has 0 bridgehead atoms. The van der Waals surface area contributed by atoms with Crippen LogP contribution in [0.3, 0.4) is 0 Å². The average Bonchev–Trinajstić information content (AvgIpc) is 2.85. The van der Waals surface area contributed by atoms with Crippen molar-refractivity contribution in [1.29, 1.82) is 0 Å². The van der Waals surface area contributed by atoms with Crippen molar-refractivity contribution in [2.45, 2.75) is 4.90 Å². The van der Waals surface area contributed by atoms with Crippen molar-refractivity contribution in [1.82, 2.24) is 9.80 Å². The number of hydrogen-bond donors (Lipinski definition) is 2. The lowest BCUT2D eigenvalue weighted by Gasteiger charge is -2.17. The van der Waals surface area contributed by atoms with Crippen LogP contribution in [0.25, 0.3) is 0 Å². The van der Waals surface area contributed by atoms with Gasteiger partial charge in [-0.05, 0) is 19.4 Å². The van der Waals surface area contributed by atoms with Gasteiger partial charge in [-0.1, -0.05) is 0 Å². The van der Waals surface area contributed by atoms with Gasteiger partial charge in [0.15, 0.2) is 0 Å². The number of hydrogen-bond acceptors (Lipinski definition) is 7. The first-order valence-electron chi connectivity index (χ1n) is 6.78. The maximum Gasteiger partial charge on any atom is 0.294 e. The molecule has 116 valence electrons. The zero-order chi connectivity index (χ0) is 15.4. The number of likely N-dealkylation sites (N-methyl/N-ethyl adjacent to an activating group) is 1. The molecule has 0 atom stereocenters. The van der Waals surface area contributed by atoms with E-state index in [1.807, 2.05) is 6.26 Å². The molecule has 0 aliphatic carbocycles. The Labute approximate surface area is 128 Å². The molecule has 1 aromatic rings. The quantitative estimate of drug-likeness (QED) is 0.356. The second kappa shape index (κ2) is 6.97. The van der Waals surface area contributed by atoms with Crippen LogP contribution in [0, 0.1) is 10.1 Å². The SMILES string of the molecule is CSc1cc(N)c([N+](=O)[O-])cc1NCCN1CCN(C)C1. The minimum atomic E-state index is -0.444. The fourth-order valence-corrected chi connectivity index (χ4v) is 2.97. The van der Waals surface area contributed by atoms with Crippen LogP contribution in [0.15, 0.2) is 17.0 Å². The molecular formula is C13H21N5O2S. The molecule has 1 aliphatic heterocycles. The highest BCUT2D eigenvalue weighted by Crippen LogP contribution is 2.34. The van der Waals surface area contributed by atoms with Crippen molar-refractivity contribution < 1.29 is 4.92 Å². The second-order valence-corrected chi connectivity index (χ2v) is 5.98. The summed E-state index contributed by atoms with van der Waals surface area (Å²) in [4.78, 5) is 16.1. The Balaban J connectivity index is 2.01. The van der Waals surface area contributed by atoms with Crippen LogP contribution in [0.1, 0.15) is 0 Å². The molecule has 0 saturated carbocycles. The van der Waals surface area contributed by atoms with Crippen LogP contribution in [0.5, 0.6) is 0 Å². The number of nitro benzene ring substituents is 1. The number of rotatable bonds is 6. The summed E-state index contributed by atoms with van der Waals surface area (Å²) in [5.74, 6) is 0. The van der Waals surface area contributed by atoms with Gasteiger partial charge in [-0.25, -0.2) is 0 Å². The standard InChI is InChI=1S/C13H21N5O2S/c1-16-5-6-17(9-16)4-3-15-11-8-12(18(19)20)10(14)7-13(11)21-2/h7-8,15H,3-6,9,14H2,1-2H3. The fourth-order valence-electron chi connectivity index (χ4n) is 2.38. The topological polar surface area (TPSA) is 87.7 Å². The van der Waals surface area contributed by atoms with Gasteiger partial charge in [0.25, 0.3) is 5.69 Å². The molecule has 0 radical (unpaired) electrons. The highest BCUT2D eigenvalue weighted by atomic mass is 32.2. The molecule has 1 aromatic carbocycles. The van der Waals surface area contributed by atoms with E-state index in [0.717, 1.165) is 43.4 Å². The molecule has 2 rings (SSSR count). The highest BCUT2D eigenvalue weighted by molar-refractivity contribution is 7.98. The third-order valence-electron chi connectivity index (χ3n) is 3.53.